The summed E-state index contributed by atoms with van der Waals surface area (Å²) in [6.07, 6.45) is 0.901. The van der Waals surface area contributed by atoms with Gasteiger partial charge in [-0.2, -0.15) is 0 Å². The Morgan fingerprint density at radius 1 is 1.13 bits per heavy atom. The molecule has 1 atom stereocenters. The zero-order valence-corrected chi connectivity index (χ0v) is 19.3. The van der Waals surface area contributed by atoms with Crippen molar-refractivity contribution in [2.24, 2.45) is 0 Å². The lowest BCUT2D eigenvalue weighted by Gasteiger charge is -2.22. The predicted octanol–water partition coefficient (Wildman–Crippen LogP) is 4.30. The molecule has 6 nitrogen and oxygen atoms in total. The molecule has 0 spiro atoms. The van der Waals surface area contributed by atoms with E-state index in [9.17, 15) is 18.0 Å². The monoisotopic (exact) mass is 442 g/mol. The lowest BCUT2D eigenvalue weighted by atomic mass is 10.0. The number of fused-ring (bicyclic) bond motifs is 1. The average Bonchev–Trinajstić information content (AvgIpc) is 3.07. The molecule has 0 fully saturated rings. The maximum atomic E-state index is 12.8. The van der Waals surface area contributed by atoms with Gasteiger partial charge < -0.3 is 10.2 Å². The van der Waals surface area contributed by atoms with Crippen molar-refractivity contribution in [3.05, 3.63) is 53.6 Å². The number of nitrogens with one attached hydrogen (secondary N) is 1. The average molecular weight is 443 g/mol. The van der Waals surface area contributed by atoms with E-state index in [1.807, 2.05) is 38.1 Å². The third kappa shape index (κ3) is 5.15. The summed E-state index contributed by atoms with van der Waals surface area (Å²) in [4.78, 5) is 26.4. The second kappa shape index (κ2) is 9.22. The van der Waals surface area contributed by atoms with Crippen LogP contribution in [0.15, 0.2) is 47.4 Å². The van der Waals surface area contributed by atoms with Gasteiger partial charge in [-0.25, -0.2) is 8.42 Å². The summed E-state index contributed by atoms with van der Waals surface area (Å²) >= 11 is 0. The third-order valence-corrected chi connectivity index (χ3v) is 7.37. The number of hydrogen-bond donors (Lipinski definition) is 1. The Kier molecular flexibility index (Phi) is 6.84. The van der Waals surface area contributed by atoms with Gasteiger partial charge in [0, 0.05) is 30.3 Å². The van der Waals surface area contributed by atoms with E-state index >= 15 is 0 Å². The predicted molar refractivity (Wildman–Crippen MR) is 123 cm³/mol. The van der Waals surface area contributed by atoms with Crippen molar-refractivity contribution >= 4 is 33.0 Å². The Balaban J connectivity index is 1.65. The summed E-state index contributed by atoms with van der Waals surface area (Å²) in [5.74, 6) is -0.179. The number of nitrogens with zero attached hydrogens (tertiary/aromatic N) is 1. The molecule has 0 unspecified atom stereocenters. The Morgan fingerprint density at radius 3 is 2.42 bits per heavy atom. The highest BCUT2D eigenvalue weighted by Gasteiger charge is 2.31. The summed E-state index contributed by atoms with van der Waals surface area (Å²) in [5.41, 5.74) is 3.45. The number of carbonyl (C=O) groups excluding carboxylic acids is 2. The first-order valence-electron chi connectivity index (χ1n) is 10.7. The van der Waals surface area contributed by atoms with Crippen LogP contribution in [-0.4, -0.2) is 32.0 Å². The molecule has 1 heterocycles. The van der Waals surface area contributed by atoms with Crippen LogP contribution in [0.3, 0.4) is 0 Å². The first kappa shape index (κ1) is 23.0. The fraction of sp³-hybridized carbons (Fsp3) is 0.417. The van der Waals surface area contributed by atoms with E-state index < -0.39 is 9.84 Å². The molecule has 2 aromatic rings. The molecule has 0 saturated heterocycles. The molecule has 0 aliphatic carbocycles. The number of amides is 2. The van der Waals surface area contributed by atoms with Gasteiger partial charge in [0.25, 0.3) is 0 Å². The van der Waals surface area contributed by atoms with E-state index in [1.54, 1.807) is 17.0 Å². The molecule has 166 valence electrons. The van der Waals surface area contributed by atoms with Gasteiger partial charge in [0.1, 0.15) is 0 Å². The highest BCUT2D eigenvalue weighted by atomic mass is 32.2. The van der Waals surface area contributed by atoms with Crippen LogP contribution in [0.2, 0.25) is 0 Å². The largest absolute Gasteiger partial charge is 0.326 e. The first-order chi connectivity index (χ1) is 14.6. The van der Waals surface area contributed by atoms with Crippen molar-refractivity contribution in [1.29, 1.82) is 0 Å². The summed E-state index contributed by atoms with van der Waals surface area (Å²) < 4.78 is 25.6. The first-order valence-corrected chi connectivity index (χ1v) is 12.3. The van der Waals surface area contributed by atoms with E-state index in [2.05, 4.69) is 19.2 Å². The van der Waals surface area contributed by atoms with Crippen molar-refractivity contribution in [3.8, 4) is 0 Å². The molecular formula is C24H30N2O4S. The molecule has 1 aliphatic heterocycles. The van der Waals surface area contributed by atoms with E-state index in [0.29, 0.717) is 24.4 Å². The molecule has 2 amide bonds. The van der Waals surface area contributed by atoms with Crippen molar-refractivity contribution in [3.63, 3.8) is 0 Å². The fourth-order valence-corrected chi connectivity index (χ4v) is 5.16. The summed E-state index contributed by atoms with van der Waals surface area (Å²) in [7, 11) is -3.61. The van der Waals surface area contributed by atoms with Crippen molar-refractivity contribution in [2.45, 2.75) is 63.8 Å². The van der Waals surface area contributed by atoms with Gasteiger partial charge in [0.05, 0.1) is 10.6 Å². The normalized spacial score (nSPS) is 15.8. The van der Waals surface area contributed by atoms with Gasteiger partial charge in [0.2, 0.25) is 11.8 Å². The van der Waals surface area contributed by atoms with E-state index in [4.69, 9.17) is 0 Å². The van der Waals surface area contributed by atoms with Crippen LogP contribution in [-0.2, 0) is 25.8 Å². The Hall–Kier alpha value is -2.67. The molecule has 31 heavy (non-hydrogen) atoms. The molecule has 1 aliphatic rings. The number of rotatable bonds is 7. The third-order valence-electron chi connectivity index (χ3n) is 5.66. The lowest BCUT2D eigenvalue weighted by Crippen LogP contribution is -2.35. The Bertz CT molecular complexity index is 1080. The molecular weight excluding hydrogens is 412 g/mol. The highest BCUT2D eigenvalue weighted by Crippen LogP contribution is 2.34. The smallest absolute Gasteiger partial charge is 0.226 e. The fourth-order valence-electron chi connectivity index (χ4n) is 3.87. The number of sulfone groups is 1. The van der Waals surface area contributed by atoms with E-state index in [-0.39, 0.29) is 34.9 Å². The SMILES string of the molecule is CCC(=O)N1c2ccc(S(=O)(=O)CCC(=O)Nc3ccc(C(C)C)cc3)cc2C[C@H]1C. The maximum Gasteiger partial charge on any atom is 0.226 e. The lowest BCUT2D eigenvalue weighted by molar-refractivity contribution is -0.118. The van der Waals surface area contributed by atoms with Crippen LogP contribution in [0, 0.1) is 0 Å². The molecule has 7 heteroatoms. The quantitative estimate of drug-likeness (QED) is 0.693. The molecule has 0 bridgehead atoms. The van der Waals surface area contributed by atoms with Crippen molar-refractivity contribution in [2.75, 3.05) is 16.0 Å². The Morgan fingerprint density at radius 2 is 1.81 bits per heavy atom. The number of anilines is 2. The molecule has 0 aromatic heterocycles. The van der Waals surface area contributed by atoms with Crippen molar-refractivity contribution < 1.29 is 18.0 Å². The zero-order valence-electron chi connectivity index (χ0n) is 18.5. The number of carbonyl (C=O) groups is 2. The molecule has 1 N–H and O–H groups in total. The highest BCUT2D eigenvalue weighted by molar-refractivity contribution is 7.91. The van der Waals surface area contributed by atoms with Crippen LogP contribution >= 0.6 is 0 Å². The number of hydrogen-bond acceptors (Lipinski definition) is 4. The van der Waals surface area contributed by atoms with Crippen LogP contribution in [0.25, 0.3) is 0 Å². The topological polar surface area (TPSA) is 83.6 Å². The molecule has 0 saturated carbocycles. The minimum atomic E-state index is -3.61. The minimum absolute atomic E-state index is 0.00765. The molecule has 2 aromatic carbocycles. The van der Waals surface area contributed by atoms with Crippen LogP contribution in [0.4, 0.5) is 11.4 Å². The van der Waals surface area contributed by atoms with Crippen LogP contribution in [0.5, 0.6) is 0 Å². The van der Waals surface area contributed by atoms with Gasteiger partial charge in [-0.15, -0.1) is 0 Å². The van der Waals surface area contributed by atoms with Crippen LogP contribution in [0.1, 0.15) is 57.6 Å². The minimum Gasteiger partial charge on any atom is -0.326 e. The van der Waals surface area contributed by atoms with E-state index in [0.717, 1.165) is 11.3 Å². The molecule has 0 radical (unpaired) electrons. The van der Waals surface area contributed by atoms with Gasteiger partial charge >= 0.3 is 0 Å². The standard InChI is InChI=1S/C24H30N2O4S/c1-5-24(28)26-17(4)14-19-15-21(10-11-22(19)26)31(29,30)13-12-23(27)25-20-8-6-18(7-9-20)16(2)3/h6-11,15-17H,5,12-14H2,1-4H3,(H,25,27)/t17-/m1/s1. The van der Waals surface area contributed by atoms with Gasteiger partial charge in [-0.3, -0.25) is 9.59 Å². The van der Waals surface area contributed by atoms with Crippen LogP contribution < -0.4 is 10.2 Å². The molecule has 3 rings (SSSR count). The second-order valence-electron chi connectivity index (χ2n) is 8.35. The van der Waals surface area contributed by atoms with Gasteiger partial charge in [-0.05, 0) is 60.7 Å². The van der Waals surface area contributed by atoms with Gasteiger partial charge in [0.15, 0.2) is 9.84 Å². The summed E-state index contributed by atoms with van der Waals surface area (Å²) in [6, 6.07) is 12.4. The van der Waals surface area contributed by atoms with Crippen molar-refractivity contribution in [1.82, 2.24) is 0 Å². The number of benzene rings is 2. The zero-order chi connectivity index (χ0) is 22.8. The second-order valence-corrected chi connectivity index (χ2v) is 10.5. The maximum absolute atomic E-state index is 12.8. The summed E-state index contributed by atoms with van der Waals surface area (Å²) in [5, 5.41) is 2.76. The Labute approximate surface area is 184 Å². The van der Waals surface area contributed by atoms with Gasteiger partial charge in [-0.1, -0.05) is 32.9 Å². The summed E-state index contributed by atoms with van der Waals surface area (Å²) in [6.45, 7) is 7.96. The van der Waals surface area contributed by atoms with E-state index in [1.165, 1.54) is 11.6 Å².